The van der Waals surface area contributed by atoms with Gasteiger partial charge in [-0.3, -0.25) is 4.79 Å². The molecule has 0 atom stereocenters. The van der Waals surface area contributed by atoms with Crippen molar-refractivity contribution in [1.29, 1.82) is 0 Å². The highest BCUT2D eigenvalue weighted by atomic mass is 35.5. The number of carbonyl (C=O) groups excluding carboxylic acids is 1. The highest BCUT2D eigenvalue weighted by Crippen LogP contribution is 2.12. The topological polar surface area (TPSA) is 17.1 Å². The molecule has 2 aromatic rings. The van der Waals surface area contributed by atoms with E-state index < -0.39 is 0 Å². The standard InChI is InChI=1S/C15H10ClFO/c16-13-3-1-2-12(10-13)15(18)9-6-11-4-7-14(17)8-5-11/h1-10H. The molecule has 0 heterocycles. The molecule has 0 bridgehead atoms. The van der Waals surface area contributed by atoms with Crippen molar-refractivity contribution in [1.82, 2.24) is 0 Å². The fourth-order valence-electron chi connectivity index (χ4n) is 1.48. The number of benzene rings is 2. The van der Waals surface area contributed by atoms with Crippen molar-refractivity contribution in [3.63, 3.8) is 0 Å². The fraction of sp³-hybridized carbons (Fsp3) is 0. The summed E-state index contributed by atoms with van der Waals surface area (Å²) in [6, 6.07) is 12.7. The molecule has 1 nitrogen and oxygen atoms in total. The number of rotatable bonds is 3. The molecule has 3 heteroatoms. The van der Waals surface area contributed by atoms with Gasteiger partial charge in [0.2, 0.25) is 0 Å². The summed E-state index contributed by atoms with van der Waals surface area (Å²) in [4.78, 5) is 11.8. The maximum absolute atomic E-state index is 12.7. The highest BCUT2D eigenvalue weighted by molar-refractivity contribution is 6.31. The van der Waals surface area contributed by atoms with Gasteiger partial charge in [0.1, 0.15) is 5.82 Å². The third kappa shape index (κ3) is 3.28. The molecule has 0 aliphatic heterocycles. The zero-order chi connectivity index (χ0) is 13.0. The molecule has 0 aliphatic rings. The zero-order valence-corrected chi connectivity index (χ0v) is 10.2. The minimum absolute atomic E-state index is 0.137. The van der Waals surface area contributed by atoms with Crippen LogP contribution in [0.1, 0.15) is 15.9 Å². The minimum Gasteiger partial charge on any atom is -0.289 e. The average molecular weight is 261 g/mol. The van der Waals surface area contributed by atoms with Gasteiger partial charge in [0.15, 0.2) is 5.78 Å². The van der Waals surface area contributed by atoms with Crippen LogP contribution in [-0.4, -0.2) is 5.78 Å². The summed E-state index contributed by atoms with van der Waals surface area (Å²) < 4.78 is 12.7. The van der Waals surface area contributed by atoms with Gasteiger partial charge in [0.25, 0.3) is 0 Å². The van der Waals surface area contributed by atoms with Crippen molar-refractivity contribution < 1.29 is 9.18 Å². The second kappa shape index (κ2) is 5.61. The molecular weight excluding hydrogens is 251 g/mol. The molecule has 0 amide bonds. The molecule has 0 saturated heterocycles. The SMILES string of the molecule is O=C(C=Cc1ccc(F)cc1)c1cccc(Cl)c1. The fourth-order valence-corrected chi connectivity index (χ4v) is 1.67. The lowest BCUT2D eigenvalue weighted by Crippen LogP contribution is -1.93. The third-order valence-corrected chi connectivity index (χ3v) is 2.64. The van der Waals surface area contributed by atoms with Crippen LogP contribution in [0, 0.1) is 5.82 Å². The number of ketones is 1. The highest BCUT2D eigenvalue weighted by Gasteiger charge is 2.01. The summed E-state index contributed by atoms with van der Waals surface area (Å²) in [5.74, 6) is -0.435. The Hall–Kier alpha value is -1.93. The van der Waals surface area contributed by atoms with Gasteiger partial charge in [-0.25, -0.2) is 4.39 Å². The van der Waals surface area contributed by atoms with Crippen LogP contribution in [0.2, 0.25) is 5.02 Å². The van der Waals surface area contributed by atoms with Gasteiger partial charge in [-0.05, 0) is 35.9 Å². The molecule has 18 heavy (non-hydrogen) atoms. The predicted molar refractivity (Wildman–Crippen MR) is 71.2 cm³/mol. The van der Waals surface area contributed by atoms with Crippen LogP contribution in [0.4, 0.5) is 4.39 Å². The van der Waals surface area contributed by atoms with Crippen molar-refractivity contribution in [2.45, 2.75) is 0 Å². The van der Waals surface area contributed by atoms with Crippen LogP contribution in [0.5, 0.6) is 0 Å². The maximum Gasteiger partial charge on any atom is 0.185 e. The van der Waals surface area contributed by atoms with Crippen molar-refractivity contribution in [2.75, 3.05) is 0 Å². The van der Waals surface area contributed by atoms with E-state index in [1.54, 1.807) is 42.5 Å². The molecule has 0 unspecified atom stereocenters. The summed E-state index contributed by atoms with van der Waals surface area (Å²) in [5, 5.41) is 0.524. The molecule has 2 aromatic carbocycles. The Kier molecular flexibility index (Phi) is 3.90. The van der Waals surface area contributed by atoms with E-state index in [1.165, 1.54) is 18.2 Å². The van der Waals surface area contributed by atoms with Gasteiger partial charge in [-0.15, -0.1) is 0 Å². The van der Waals surface area contributed by atoms with E-state index in [-0.39, 0.29) is 11.6 Å². The van der Waals surface area contributed by atoms with Crippen molar-refractivity contribution in [3.05, 3.63) is 76.6 Å². The first-order chi connectivity index (χ1) is 8.65. The van der Waals surface area contributed by atoms with Gasteiger partial charge in [0, 0.05) is 10.6 Å². The number of allylic oxidation sites excluding steroid dienone is 1. The second-order valence-electron chi connectivity index (χ2n) is 3.76. The summed E-state index contributed by atoms with van der Waals surface area (Å²) in [6.45, 7) is 0. The first-order valence-electron chi connectivity index (χ1n) is 5.39. The molecule has 2 rings (SSSR count). The van der Waals surface area contributed by atoms with E-state index in [0.717, 1.165) is 5.56 Å². The third-order valence-electron chi connectivity index (χ3n) is 2.41. The molecule has 0 fully saturated rings. The Morgan fingerprint density at radius 3 is 2.50 bits per heavy atom. The monoisotopic (exact) mass is 260 g/mol. The van der Waals surface area contributed by atoms with Gasteiger partial charge < -0.3 is 0 Å². The Balaban J connectivity index is 2.14. The Morgan fingerprint density at radius 2 is 1.83 bits per heavy atom. The molecule has 0 aliphatic carbocycles. The molecule has 0 spiro atoms. The molecule has 90 valence electrons. The number of hydrogen-bond donors (Lipinski definition) is 0. The second-order valence-corrected chi connectivity index (χ2v) is 4.20. The summed E-state index contributed by atoms with van der Waals surface area (Å²) in [7, 11) is 0. The van der Waals surface area contributed by atoms with Gasteiger partial charge in [-0.2, -0.15) is 0 Å². The van der Waals surface area contributed by atoms with Crippen molar-refractivity contribution in [3.8, 4) is 0 Å². The predicted octanol–water partition coefficient (Wildman–Crippen LogP) is 4.38. The van der Waals surface area contributed by atoms with Crippen molar-refractivity contribution >= 4 is 23.5 Å². The molecule has 0 N–H and O–H groups in total. The number of hydrogen-bond acceptors (Lipinski definition) is 1. The van der Waals surface area contributed by atoms with Gasteiger partial charge >= 0.3 is 0 Å². The van der Waals surface area contributed by atoms with E-state index in [2.05, 4.69) is 0 Å². The first-order valence-corrected chi connectivity index (χ1v) is 5.76. The lowest BCUT2D eigenvalue weighted by molar-refractivity contribution is 0.104. The van der Waals surface area contributed by atoms with E-state index in [1.807, 2.05) is 0 Å². The van der Waals surface area contributed by atoms with Crippen LogP contribution in [-0.2, 0) is 0 Å². The molecule has 0 radical (unpaired) electrons. The molecule has 0 aromatic heterocycles. The normalized spacial score (nSPS) is 10.8. The van der Waals surface area contributed by atoms with E-state index in [4.69, 9.17) is 11.6 Å². The van der Waals surface area contributed by atoms with Gasteiger partial charge in [-0.1, -0.05) is 41.9 Å². The van der Waals surface area contributed by atoms with Crippen LogP contribution >= 0.6 is 11.6 Å². The number of carbonyl (C=O) groups is 1. The smallest absolute Gasteiger partial charge is 0.185 e. The Bertz CT molecular complexity index is 588. The van der Waals surface area contributed by atoms with Crippen molar-refractivity contribution in [2.24, 2.45) is 0 Å². The lowest BCUT2D eigenvalue weighted by atomic mass is 10.1. The summed E-state index contributed by atoms with van der Waals surface area (Å²) in [6.07, 6.45) is 3.08. The Labute approximate surface area is 110 Å². The van der Waals surface area contributed by atoms with E-state index in [0.29, 0.717) is 10.6 Å². The van der Waals surface area contributed by atoms with Crippen LogP contribution in [0.25, 0.3) is 6.08 Å². The Morgan fingerprint density at radius 1 is 1.11 bits per heavy atom. The summed E-state index contributed by atoms with van der Waals surface area (Å²) in [5.41, 5.74) is 1.30. The van der Waals surface area contributed by atoms with E-state index >= 15 is 0 Å². The van der Waals surface area contributed by atoms with Crippen LogP contribution in [0.15, 0.2) is 54.6 Å². The molecular formula is C15H10ClFO. The molecule has 0 saturated carbocycles. The number of halogens is 2. The largest absolute Gasteiger partial charge is 0.289 e. The lowest BCUT2D eigenvalue weighted by Gasteiger charge is -1.96. The van der Waals surface area contributed by atoms with Gasteiger partial charge in [0.05, 0.1) is 0 Å². The zero-order valence-electron chi connectivity index (χ0n) is 9.44. The van der Waals surface area contributed by atoms with Crippen LogP contribution < -0.4 is 0 Å². The first kappa shape index (κ1) is 12.5. The quantitative estimate of drug-likeness (QED) is 0.591. The average Bonchev–Trinajstić information content (AvgIpc) is 2.38. The van der Waals surface area contributed by atoms with E-state index in [9.17, 15) is 9.18 Å². The maximum atomic E-state index is 12.7. The van der Waals surface area contributed by atoms with Crippen LogP contribution in [0.3, 0.4) is 0 Å². The summed E-state index contributed by atoms with van der Waals surface area (Å²) >= 11 is 5.81. The minimum atomic E-state index is -0.298.